The Hall–Kier alpha value is -2.92. The number of hydrogen-bond acceptors (Lipinski definition) is 4. The summed E-state index contributed by atoms with van der Waals surface area (Å²) < 4.78 is 13.0. The molecule has 0 saturated carbocycles. The first-order chi connectivity index (χ1) is 12.2. The molecule has 2 N–H and O–H groups in total. The van der Waals surface area contributed by atoms with Crippen molar-refractivity contribution >= 4 is 34.5 Å². The van der Waals surface area contributed by atoms with Crippen LogP contribution in [-0.2, 0) is 0 Å². The summed E-state index contributed by atoms with van der Waals surface area (Å²) >= 11 is 1.12. The molecule has 0 radical (unpaired) electrons. The average Bonchev–Trinajstić information content (AvgIpc) is 2.65. The number of anilines is 2. The number of carbonyl (C=O) groups excluding carboxylic acids is 1. The van der Waals surface area contributed by atoms with Crippen molar-refractivity contribution < 1.29 is 9.18 Å². The second-order valence-corrected chi connectivity index (χ2v) is 6.33. The third kappa shape index (κ3) is 4.33. The lowest BCUT2D eigenvalue weighted by atomic mass is 10.2. The Labute approximate surface area is 149 Å². The van der Waals surface area contributed by atoms with Gasteiger partial charge in [0.1, 0.15) is 5.82 Å². The fraction of sp³-hybridized carbons (Fsp3) is 0. The van der Waals surface area contributed by atoms with Crippen molar-refractivity contribution in [2.75, 3.05) is 5.32 Å². The maximum Gasteiger partial charge on any atom is 0.224 e. The smallest absolute Gasteiger partial charge is 0.224 e. The number of carbonyl (C=O) groups is 1. The molecule has 3 rings (SSSR count). The molecule has 0 aliphatic rings. The highest BCUT2D eigenvalue weighted by Gasteiger charge is 2.10. The van der Waals surface area contributed by atoms with Crippen LogP contribution < -0.4 is 5.32 Å². The van der Waals surface area contributed by atoms with E-state index in [9.17, 15) is 9.18 Å². The van der Waals surface area contributed by atoms with E-state index < -0.39 is 0 Å². The summed E-state index contributed by atoms with van der Waals surface area (Å²) in [4.78, 5) is 13.0. The highest BCUT2D eigenvalue weighted by atomic mass is 32.2. The lowest BCUT2D eigenvalue weighted by Crippen LogP contribution is -1.97. The molecule has 0 bridgehead atoms. The molecule has 0 atom stereocenters. The molecular weight excluding hydrogens is 335 g/mol. The molecule has 3 aromatic rings. The summed E-state index contributed by atoms with van der Waals surface area (Å²) in [6.45, 7) is 0. The fourth-order valence-electron chi connectivity index (χ4n) is 2.27. The van der Waals surface area contributed by atoms with Gasteiger partial charge in [-0.1, -0.05) is 30.3 Å². The van der Waals surface area contributed by atoms with Crippen LogP contribution in [0.3, 0.4) is 0 Å². The molecule has 0 aromatic heterocycles. The summed E-state index contributed by atoms with van der Waals surface area (Å²) in [6, 6.07) is 20.5. The first-order valence-corrected chi connectivity index (χ1v) is 8.42. The van der Waals surface area contributed by atoms with E-state index in [4.69, 9.17) is 5.41 Å². The second-order valence-electron chi connectivity index (χ2n) is 5.28. The molecule has 3 nitrogen and oxygen atoms in total. The topological polar surface area (TPSA) is 53.0 Å². The van der Waals surface area contributed by atoms with E-state index in [2.05, 4.69) is 5.32 Å². The summed E-state index contributed by atoms with van der Waals surface area (Å²) in [5.74, 6) is -0.302. The summed E-state index contributed by atoms with van der Waals surface area (Å²) in [5, 5.41) is 10.7. The van der Waals surface area contributed by atoms with E-state index in [0.717, 1.165) is 28.0 Å². The lowest BCUT2D eigenvalue weighted by molar-refractivity contribution is 0.108. The number of rotatable bonds is 5. The first kappa shape index (κ1) is 16.9. The van der Waals surface area contributed by atoms with Gasteiger partial charge in [0, 0.05) is 33.6 Å². The van der Waals surface area contributed by atoms with E-state index in [0.29, 0.717) is 11.1 Å². The predicted octanol–water partition coefficient (Wildman–Crippen LogP) is 5.50. The maximum atomic E-state index is 13.0. The van der Waals surface area contributed by atoms with Crippen LogP contribution in [0.2, 0.25) is 0 Å². The van der Waals surface area contributed by atoms with Crippen LogP contribution in [0, 0.1) is 11.2 Å². The van der Waals surface area contributed by atoms with Gasteiger partial charge >= 0.3 is 0 Å². The van der Waals surface area contributed by atoms with E-state index in [1.807, 2.05) is 30.3 Å². The van der Waals surface area contributed by atoms with E-state index in [1.54, 1.807) is 30.3 Å². The van der Waals surface area contributed by atoms with Gasteiger partial charge in [0.15, 0.2) is 0 Å². The van der Waals surface area contributed by atoms with Gasteiger partial charge in [-0.25, -0.2) is 4.39 Å². The Morgan fingerprint density at radius 3 is 2.40 bits per heavy atom. The number of hydrogen-bond donors (Lipinski definition) is 2. The van der Waals surface area contributed by atoms with Crippen molar-refractivity contribution in [1.82, 2.24) is 0 Å². The van der Waals surface area contributed by atoms with Crippen LogP contribution in [0.5, 0.6) is 0 Å². The van der Waals surface area contributed by atoms with Crippen molar-refractivity contribution in [2.24, 2.45) is 0 Å². The summed E-state index contributed by atoms with van der Waals surface area (Å²) in [7, 11) is 0. The van der Waals surface area contributed by atoms with Gasteiger partial charge in [0.25, 0.3) is 0 Å². The van der Waals surface area contributed by atoms with E-state index in [1.165, 1.54) is 18.3 Å². The van der Waals surface area contributed by atoms with Crippen LogP contribution in [-0.4, -0.2) is 11.3 Å². The fourth-order valence-corrected chi connectivity index (χ4v) is 3.06. The molecule has 0 saturated heterocycles. The van der Waals surface area contributed by atoms with E-state index >= 15 is 0 Å². The quantitative estimate of drug-likeness (QED) is 0.472. The van der Waals surface area contributed by atoms with Crippen molar-refractivity contribution in [3.05, 3.63) is 89.7 Å². The molecule has 0 heterocycles. The molecule has 0 aliphatic heterocycles. The normalized spacial score (nSPS) is 10.3. The molecule has 5 heteroatoms. The molecular formula is C20H15FN2OS. The van der Waals surface area contributed by atoms with E-state index in [-0.39, 0.29) is 10.9 Å². The zero-order valence-corrected chi connectivity index (χ0v) is 14.0. The molecule has 0 unspecified atom stereocenters. The number of benzene rings is 3. The molecule has 124 valence electrons. The van der Waals surface area contributed by atoms with Gasteiger partial charge in [0.05, 0.1) is 0 Å². The zero-order valence-electron chi connectivity index (χ0n) is 13.2. The minimum Gasteiger partial charge on any atom is -0.355 e. The maximum absolute atomic E-state index is 13.0. The standard InChI is InChI=1S/C20H15FN2OS/c21-16-6-8-17(9-7-16)23-19-11-10-18(12-15(19)13-22)25-20(24)14-4-2-1-3-5-14/h1-13,22-23H. The number of thioether (sulfide) groups is 1. The zero-order chi connectivity index (χ0) is 17.6. The van der Waals surface area contributed by atoms with Crippen molar-refractivity contribution in [1.29, 1.82) is 5.41 Å². The highest BCUT2D eigenvalue weighted by molar-refractivity contribution is 8.14. The Bertz CT molecular complexity index is 895. The molecule has 0 aliphatic carbocycles. The SMILES string of the molecule is N=Cc1cc(SC(=O)c2ccccc2)ccc1Nc1ccc(F)cc1. The van der Waals surface area contributed by atoms with Gasteiger partial charge in [-0.2, -0.15) is 0 Å². The largest absolute Gasteiger partial charge is 0.355 e. The second kappa shape index (κ2) is 7.77. The van der Waals surface area contributed by atoms with Crippen molar-refractivity contribution in [3.8, 4) is 0 Å². The van der Waals surface area contributed by atoms with Crippen LogP contribution in [0.1, 0.15) is 15.9 Å². The minimum absolute atomic E-state index is 0.0456. The Morgan fingerprint density at radius 2 is 1.72 bits per heavy atom. The molecule has 0 fully saturated rings. The molecule has 3 aromatic carbocycles. The molecule has 0 spiro atoms. The van der Waals surface area contributed by atoms with Crippen LogP contribution in [0.25, 0.3) is 0 Å². The predicted molar refractivity (Wildman–Crippen MR) is 101 cm³/mol. The van der Waals surface area contributed by atoms with Crippen molar-refractivity contribution in [2.45, 2.75) is 4.90 Å². The lowest BCUT2D eigenvalue weighted by Gasteiger charge is -2.11. The third-order valence-electron chi connectivity index (χ3n) is 3.52. The van der Waals surface area contributed by atoms with Gasteiger partial charge in [0.2, 0.25) is 5.12 Å². The van der Waals surface area contributed by atoms with Gasteiger partial charge in [-0.15, -0.1) is 0 Å². The van der Waals surface area contributed by atoms with Gasteiger partial charge < -0.3 is 10.7 Å². The number of nitrogens with one attached hydrogen (secondary N) is 2. The third-order valence-corrected chi connectivity index (χ3v) is 4.43. The summed E-state index contributed by atoms with van der Waals surface area (Å²) in [6.07, 6.45) is 1.23. The van der Waals surface area contributed by atoms with Gasteiger partial charge in [-0.05, 0) is 54.2 Å². The van der Waals surface area contributed by atoms with Crippen LogP contribution in [0.4, 0.5) is 15.8 Å². The Morgan fingerprint density at radius 1 is 1.00 bits per heavy atom. The van der Waals surface area contributed by atoms with Gasteiger partial charge in [-0.3, -0.25) is 4.79 Å². The molecule has 0 amide bonds. The summed E-state index contributed by atoms with van der Waals surface area (Å²) in [5.41, 5.74) is 2.73. The Kier molecular flexibility index (Phi) is 5.26. The average molecular weight is 350 g/mol. The molecule has 25 heavy (non-hydrogen) atoms. The van der Waals surface area contributed by atoms with Crippen molar-refractivity contribution in [3.63, 3.8) is 0 Å². The monoisotopic (exact) mass is 350 g/mol. The minimum atomic E-state index is -0.302. The Balaban J connectivity index is 1.78. The first-order valence-electron chi connectivity index (χ1n) is 7.60. The van der Waals surface area contributed by atoms with Crippen LogP contribution >= 0.6 is 11.8 Å². The number of halogens is 1. The van der Waals surface area contributed by atoms with Crippen LogP contribution in [0.15, 0.2) is 77.7 Å². The highest BCUT2D eigenvalue weighted by Crippen LogP contribution is 2.28.